The number of aromatic nitrogens is 1. The van der Waals surface area contributed by atoms with Crippen molar-refractivity contribution in [3.05, 3.63) is 76.4 Å². The van der Waals surface area contributed by atoms with Gasteiger partial charge < -0.3 is 4.74 Å². The Morgan fingerprint density at radius 2 is 1.81 bits per heavy atom. The first-order valence-electron chi connectivity index (χ1n) is 8.16. The summed E-state index contributed by atoms with van der Waals surface area (Å²) >= 11 is 6.27. The number of halogens is 1. The molecule has 3 heterocycles. The fourth-order valence-electron chi connectivity index (χ4n) is 3.56. The molecule has 2 aromatic rings. The van der Waals surface area contributed by atoms with E-state index in [0.29, 0.717) is 11.1 Å². The Morgan fingerprint density at radius 1 is 1.11 bits per heavy atom. The third-order valence-electron chi connectivity index (χ3n) is 4.68. The zero-order chi connectivity index (χ0) is 19.2. The molecular formula is C19H15ClN2O4S. The van der Waals surface area contributed by atoms with Gasteiger partial charge in [0.25, 0.3) is 0 Å². The maximum Gasteiger partial charge on any atom is 0.411 e. The summed E-state index contributed by atoms with van der Waals surface area (Å²) in [6, 6.07) is 10.2. The van der Waals surface area contributed by atoms with Gasteiger partial charge in [-0.05, 0) is 24.3 Å². The largest absolute Gasteiger partial charge is 0.453 e. The van der Waals surface area contributed by atoms with Gasteiger partial charge >= 0.3 is 6.09 Å². The number of methoxy groups -OCH3 is 1. The topological polar surface area (TPSA) is 76.6 Å². The maximum atomic E-state index is 13.4. The first-order chi connectivity index (χ1) is 13.0. The smallest absolute Gasteiger partial charge is 0.411 e. The number of hydrogen-bond donors (Lipinski definition) is 0. The average Bonchev–Trinajstić information content (AvgIpc) is 3.25. The van der Waals surface area contributed by atoms with Crippen molar-refractivity contribution in [2.45, 2.75) is 17.0 Å². The lowest BCUT2D eigenvalue weighted by molar-refractivity contribution is 0.124. The van der Waals surface area contributed by atoms with Crippen molar-refractivity contribution in [2.24, 2.45) is 0 Å². The minimum Gasteiger partial charge on any atom is -0.453 e. The number of rotatable bonds is 3. The van der Waals surface area contributed by atoms with Gasteiger partial charge in [-0.15, -0.1) is 0 Å². The van der Waals surface area contributed by atoms with Gasteiger partial charge in [-0.2, -0.15) is 0 Å². The van der Waals surface area contributed by atoms with E-state index in [-0.39, 0.29) is 15.0 Å². The molecule has 2 bridgehead atoms. The Morgan fingerprint density at radius 3 is 2.48 bits per heavy atom. The number of pyridine rings is 1. The summed E-state index contributed by atoms with van der Waals surface area (Å²) < 4.78 is 31.8. The normalized spacial score (nSPS) is 21.0. The molecule has 2 aliphatic rings. The van der Waals surface area contributed by atoms with Crippen LogP contribution in [0.25, 0.3) is 5.57 Å². The molecule has 1 aromatic heterocycles. The summed E-state index contributed by atoms with van der Waals surface area (Å²) in [5, 5.41) is 0.180. The van der Waals surface area contributed by atoms with E-state index in [1.54, 1.807) is 42.5 Å². The number of nitrogens with zero attached hydrogens (tertiary/aromatic N) is 2. The predicted octanol–water partition coefficient (Wildman–Crippen LogP) is 3.31. The monoisotopic (exact) mass is 402 g/mol. The molecule has 0 aliphatic carbocycles. The lowest BCUT2D eigenvalue weighted by Crippen LogP contribution is -2.38. The molecule has 0 fully saturated rings. The molecule has 2 unspecified atom stereocenters. The molecule has 0 N–H and O–H groups in total. The second kappa shape index (κ2) is 6.51. The van der Waals surface area contributed by atoms with Gasteiger partial charge in [0, 0.05) is 17.3 Å². The van der Waals surface area contributed by atoms with E-state index < -0.39 is 28.0 Å². The molecule has 138 valence electrons. The molecule has 2 atom stereocenters. The number of benzene rings is 1. The quantitative estimate of drug-likeness (QED) is 0.581. The summed E-state index contributed by atoms with van der Waals surface area (Å²) in [6.45, 7) is 0. The third kappa shape index (κ3) is 2.65. The zero-order valence-electron chi connectivity index (χ0n) is 14.2. The summed E-state index contributed by atoms with van der Waals surface area (Å²) in [4.78, 5) is 18.1. The standard InChI is InChI=1S/C19H15ClN2O4S/c1-26-19(23)22-14-9-10-15(22)17(16(14)13-8-5-11-21-18(13)20)27(24,25)12-6-3-2-4-7-12/h2-11,14-15H,1H3. The maximum absolute atomic E-state index is 13.4. The molecule has 0 saturated heterocycles. The molecule has 2 aliphatic heterocycles. The van der Waals surface area contributed by atoms with Crippen molar-refractivity contribution in [2.75, 3.05) is 7.11 Å². The highest BCUT2D eigenvalue weighted by atomic mass is 35.5. The molecule has 0 saturated carbocycles. The number of sulfone groups is 1. The summed E-state index contributed by atoms with van der Waals surface area (Å²) in [6.07, 6.45) is 4.40. The number of hydrogen-bond acceptors (Lipinski definition) is 5. The Bertz CT molecular complexity index is 1080. The van der Waals surface area contributed by atoms with Crippen molar-refractivity contribution in [1.82, 2.24) is 9.88 Å². The molecule has 27 heavy (non-hydrogen) atoms. The lowest BCUT2D eigenvalue weighted by Gasteiger charge is -2.22. The van der Waals surface area contributed by atoms with E-state index in [4.69, 9.17) is 16.3 Å². The van der Waals surface area contributed by atoms with Crippen LogP contribution in [-0.4, -0.2) is 43.6 Å². The van der Waals surface area contributed by atoms with Crippen LogP contribution in [0.3, 0.4) is 0 Å². The number of carbonyl (C=O) groups excluding carboxylic acids is 1. The summed E-state index contributed by atoms with van der Waals surface area (Å²) in [5.74, 6) is 0. The number of amides is 1. The summed E-state index contributed by atoms with van der Waals surface area (Å²) in [7, 11) is -2.60. The lowest BCUT2D eigenvalue weighted by atomic mass is 9.98. The van der Waals surface area contributed by atoms with Crippen molar-refractivity contribution in [1.29, 1.82) is 0 Å². The van der Waals surface area contributed by atoms with Gasteiger partial charge in [0.05, 0.1) is 29.0 Å². The Hall–Kier alpha value is -2.64. The molecule has 0 spiro atoms. The van der Waals surface area contributed by atoms with Crippen LogP contribution < -0.4 is 0 Å². The van der Waals surface area contributed by atoms with Crippen molar-refractivity contribution >= 4 is 33.1 Å². The fraction of sp³-hybridized carbons (Fsp3) is 0.158. The van der Waals surface area contributed by atoms with Crippen LogP contribution in [0.5, 0.6) is 0 Å². The molecular weight excluding hydrogens is 388 g/mol. The minimum absolute atomic E-state index is 0.126. The van der Waals surface area contributed by atoms with Crippen LogP contribution >= 0.6 is 11.6 Å². The number of fused-ring (bicyclic) bond motifs is 2. The van der Waals surface area contributed by atoms with Crippen LogP contribution in [0.1, 0.15) is 5.56 Å². The third-order valence-corrected chi connectivity index (χ3v) is 6.92. The van der Waals surface area contributed by atoms with Crippen LogP contribution in [0.4, 0.5) is 4.79 Å². The molecule has 1 aromatic carbocycles. The highest BCUT2D eigenvalue weighted by Crippen LogP contribution is 2.47. The van der Waals surface area contributed by atoms with E-state index in [1.165, 1.54) is 30.3 Å². The minimum atomic E-state index is -3.87. The number of carbonyl (C=O) groups is 1. The van der Waals surface area contributed by atoms with Gasteiger partial charge in [0.15, 0.2) is 0 Å². The van der Waals surface area contributed by atoms with Gasteiger partial charge in [0.1, 0.15) is 5.15 Å². The molecule has 1 amide bonds. The van der Waals surface area contributed by atoms with E-state index in [1.807, 2.05) is 0 Å². The van der Waals surface area contributed by atoms with Crippen LogP contribution in [0, 0.1) is 0 Å². The van der Waals surface area contributed by atoms with Crippen molar-refractivity contribution in [3.63, 3.8) is 0 Å². The van der Waals surface area contributed by atoms with Gasteiger partial charge in [-0.25, -0.2) is 18.2 Å². The Kier molecular flexibility index (Phi) is 4.28. The predicted molar refractivity (Wildman–Crippen MR) is 101 cm³/mol. The highest BCUT2D eigenvalue weighted by Gasteiger charge is 2.51. The summed E-state index contributed by atoms with van der Waals surface area (Å²) in [5.41, 5.74) is 0.939. The van der Waals surface area contributed by atoms with Gasteiger partial charge in [-0.1, -0.05) is 42.0 Å². The molecule has 0 radical (unpaired) electrons. The Balaban J connectivity index is 1.97. The zero-order valence-corrected chi connectivity index (χ0v) is 15.8. The second-order valence-electron chi connectivity index (χ2n) is 6.09. The van der Waals surface area contributed by atoms with E-state index in [9.17, 15) is 13.2 Å². The van der Waals surface area contributed by atoms with E-state index in [2.05, 4.69) is 4.98 Å². The first kappa shape index (κ1) is 17.8. The first-order valence-corrected chi connectivity index (χ1v) is 10.0. The van der Waals surface area contributed by atoms with Crippen LogP contribution in [0.15, 0.2) is 70.6 Å². The second-order valence-corrected chi connectivity index (χ2v) is 8.36. The van der Waals surface area contributed by atoms with E-state index in [0.717, 1.165) is 0 Å². The van der Waals surface area contributed by atoms with Crippen LogP contribution in [-0.2, 0) is 14.6 Å². The Labute approximate surface area is 161 Å². The average molecular weight is 403 g/mol. The van der Waals surface area contributed by atoms with Gasteiger partial charge in [-0.3, -0.25) is 4.90 Å². The number of ether oxygens (including phenoxy) is 1. The molecule has 8 heteroatoms. The highest BCUT2D eigenvalue weighted by molar-refractivity contribution is 7.95. The van der Waals surface area contributed by atoms with Crippen molar-refractivity contribution in [3.8, 4) is 0 Å². The van der Waals surface area contributed by atoms with E-state index >= 15 is 0 Å². The fourth-order valence-corrected chi connectivity index (χ4v) is 5.59. The molecule has 4 rings (SSSR count). The SMILES string of the molecule is COC(=O)N1C2C=CC1C(S(=O)(=O)c1ccccc1)=C2c1cccnc1Cl. The van der Waals surface area contributed by atoms with Crippen LogP contribution in [0.2, 0.25) is 5.15 Å². The molecule has 6 nitrogen and oxygen atoms in total. The van der Waals surface area contributed by atoms with Crippen molar-refractivity contribution < 1.29 is 17.9 Å². The van der Waals surface area contributed by atoms with Gasteiger partial charge in [0.2, 0.25) is 9.84 Å².